The lowest BCUT2D eigenvalue weighted by Crippen LogP contribution is -2.03. The van der Waals surface area contributed by atoms with Gasteiger partial charge in [0, 0.05) is 11.4 Å². The topological polar surface area (TPSA) is 99.9 Å². The quantitative estimate of drug-likeness (QED) is 0.508. The van der Waals surface area contributed by atoms with Gasteiger partial charge in [-0.2, -0.15) is 4.68 Å². The number of hydrogen-bond donors (Lipinski definition) is 0. The predicted molar refractivity (Wildman–Crippen MR) is 81.1 cm³/mol. The molecule has 2 heterocycles. The summed E-state index contributed by atoms with van der Waals surface area (Å²) in [6, 6.07) is 8.75. The van der Waals surface area contributed by atoms with Gasteiger partial charge in [-0.3, -0.25) is 0 Å². The SMILES string of the molecule is O=[N+]([O-])c1ccn(CCc2nnc(Cc3ccc(Cl)cc3)o2)n1. The van der Waals surface area contributed by atoms with Gasteiger partial charge in [-0.1, -0.05) is 23.7 Å². The molecule has 0 radical (unpaired) electrons. The Morgan fingerprint density at radius 3 is 2.61 bits per heavy atom. The van der Waals surface area contributed by atoms with Crippen LogP contribution in [0.2, 0.25) is 5.02 Å². The van der Waals surface area contributed by atoms with E-state index >= 15 is 0 Å². The van der Waals surface area contributed by atoms with Crippen LogP contribution in [-0.4, -0.2) is 24.9 Å². The summed E-state index contributed by atoms with van der Waals surface area (Å²) in [5.74, 6) is 0.792. The number of rotatable bonds is 6. The molecule has 3 aromatic rings. The van der Waals surface area contributed by atoms with Crippen molar-refractivity contribution in [2.75, 3.05) is 0 Å². The van der Waals surface area contributed by atoms with Gasteiger partial charge in [0.05, 0.1) is 30.3 Å². The van der Waals surface area contributed by atoms with Gasteiger partial charge in [-0.15, -0.1) is 10.2 Å². The minimum atomic E-state index is -0.534. The van der Waals surface area contributed by atoms with Crippen LogP contribution in [0.25, 0.3) is 0 Å². The van der Waals surface area contributed by atoms with E-state index in [-0.39, 0.29) is 5.82 Å². The number of nitrogens with zero attached hydrogens (tertiary/aromatic N) is 5. The molecule has 9 heteroatoms. The first kappa shape index (κ1) is 15.2. The third kappa shape index (κ3) is 3.92. The van der Waals surface area contributed by atoms with E-state index in [2.05, 4.69) is 15.3 Å². The second-order valence-electron chi connectivity index (χ2n) is 4.84. The number of benzene rings is 1. The first-order valence-corrected chi connectivity index (χ1v) is 7.21. The second kappa shape index (κ2) is 6.57. The largest absolute Gasteiger partial charge is 0.425 e. The molecule has 0 atom stereocenters. The van der Waals surface area contributed by atoms with Gasteiger partial charge in [0.1, 0.15) is 0 Å². The van der Waals surface area contributed by atoms with E-state index in [1.54, 1.807) is 18.3 Å². The number of halogens is 1. The van der Waals surface area contributed by atoms with Crippen LogP contribution in [0.3, 0.4) is 0 Å². The van der Waals surface area contributed by atoms with Gasteiger partial charge in [0.2, 0.25) is 11.8 Å². The van der Waals surface area contributed by atoms with Crippen LogP contribution in [0.15, 0.2) is 40.9 Å². The normalized spacial score (nSPS) is 10.8. The van der Waals surface area contributed by atoms with E-state index in [1.165, 1.54) is 10.7 Å². The van der Waals surface area contributed by atoms with E-state index in [4.69, 9.17) is 16.0 Å². The molecule has 0 spiro atoms. The molecule has 0 bridgehead atoms. The standard InChI is InChI=1S/C14H12ClN5O3/c15-11-3-1-10(2-4-11)9-14-17-16-13(23-14)6-8-19-7-5-12(18-19)20(21)22/h1-5,7H,6,8-9H2. The maximum atomic E-state index is 10.6. The van der Waals surface area contributed by atoms with Crippen molar-refractivity contribution in [3.8, 4) is 0 Å². The van der Waals surface area contributed by atoms with Gasteiger partial charge in [-0.05, 0) is 22.6 Å². The molecule has 3 rings (SSSR count). The van der Waals surface area contributed by atoms with E-state index in [0.29, 0.717) is 36.2 Å². The summed E-state index contributed by atoms with van der Waals surface area (Å²) in [4.78, 5) is 10.0. The van der Waals surface area contributed by atoms with Crippen LogP contribution in [0.1, 0.15) is 17.3 Å². The molecule has 0 aliphatic rings. The van der Waals surface area contributed by atoms with Crippen LogP contribution in [0.5, 0.6) is 0 Å². The molecule has 0 amide bonds. The number of nitro groups is 1. The zero-order valence-electron chi connectivity index (χ0n) is 11.9. The van der Waals surface area contributed by atoms with E-state index in [9.17, 15) is 10.1 Å². The Bertz CT molecular complexity index is 812. The molecule has 8 nitrogen and oxygen atoms in total. The fourth-order valence-corrected chi connectivity index (χ4v) is 2.15. The van der Waals surface area contributed by atoms with E-state index < -0.39 is 4.92 Å². The molecular weight excluding hydrogens is 322 g/mol. The Morgan fingerprint density at radius 2 is 1.91 bits per heavy atom. The number of aromatic nitrogens is 4. The highest BCUT2D eigenvalue weighted by Crippen LogP contribution is 2.13. The molecule has 0 fully saturated rings. The fourth-order valence-electron chi connectivity index (χ4n) is 2.02. The molecule has 0 aliphatic carbocycles. The molecular formula is C14H12ClN5O3. The van der Waals surface area contributed by atoms with Gasteiger partial charge in [-0.25, -0.2) is 0 Å². The van der Waals surface area contributed by atoms with Gasteiger partial charge >= 0.3 is 5.82 Å². The van der Waals surface area contributed by atoms with Crippen molar-refractivity contribution in [3.63, 3.8) is 0 Å². The summed E-state index contributed by atoms with van der Waals surface area (Å²) in [5, 5.41) is 23.0. The van der Waals surface area contributed by atoms with Crippen molar-refractivity contribution < 1.29 is 9.34 Å². The van der Waals surface area contributed by atoms with Crippen LogP contribution < -0.4 is 0 Å². The molecule has 0 saturated carbocycles. The smallest absolute Gasteiger partial charge is 0.389 e. The van der Waals surface area contributed by atoms with E-state index in [0.717, 1.165) is 5.56 Å². The lowest BCUT2D eigenvalue weighted by atomic mass is 10.1. The van der Waals surface area contributed by atoms with Crippen LogP contribution >= 0.6 is 11.6 Å². The highest BCUT2D eigenvalue weighted by molar-refractivity contribution is 6.30. The molecule has 118 valence electrons. The van der Waals surface area contributed by atoms with Crippen molar-refractivity contribution in [1.29, 1.82) is 0 Å². The third-order valence-corrected chi connectivity index (χ3v) is 3.40. The lowest BCUT2D eigenvalue weighted by molar-refractivity contribution is -0.389. The van der Waals surface area contributed by atoms with Gasteiger partial charge in [0.25, 0.3) is 0 Å². The highest BCUT2D eigenvalue weighted by atomic mass is 35.5. The van der Waals surface area contributed by atoms with Crippen LogP contribution in [0.4, 0.5) is 5.82 Å². The maximum absolute atomic E-state index is 10.6. The average molecular weight is 334 g/mol. The summed E-state index contributed by atoms with van der Waals surface area (Å²) in [5.41, 5.74) is 1.02. The predicted octanol–water partition coefficient (Wildman–Crippen LogP) is 2.66. The minimum Gasteiger partial charge on any atom is -0.425 e. The van der Waals surface area contributed by atoms with Crippen molar-refractivity contribution in [2.24, 2.45) is 0 Å². The van der Waals surface area contributed by atoms with Gasteiger partial charge in [0.15, 0.2) is 0 Å². The lowest BCUT2D eigenvalue weighted by Gasteiger charge is -1.97. The van der Waals surface area contributed by atoms with Crippen LogP contribution in [-0.2, 0) is 19.4 Å². The first-order valence-electron chi connectivity index (χ1n) is 6.84. The third-order valence-electron chi connectivity index (χ3n) is 3.15. The molecule has 1 aromatic carbocycles. The van der Waals surface area contributed by atoms with Crippen molar-refractivity contribution in [3.05, 3.63) is 69.0 Å². The zero-order chi connectivity index (χ0) is 16.2. The molecule has 0 N–H and O–H groups in total. The van der Waals surface area contributed by atoms with Crippen molar-refractivity contribution in [1.82, 2.24) is 20.0 Å². The maximum Gasteiger partial charge on any atom is 0.389 e. The van der Waals surface area contributed by atoms with Crippen LogP contribution in [0, 0.1) is 10.1 Å². The zero-order valence-corrected chi connectivity index (χ0v) is 12.7. The Labute approximate surface area is 135 Å². The Hall–Kier alpha value is -2.74. The monoisotopic (exact) mass is 333 g/mol. The summed E-state index contributed by atoms with van der Waals surface area (Å²) in [6.07, 6.45) is 2.52. The minimum absolute atomic E-state index is 0.182. The molecule has 0 unspecified atom stereocenters. The summed E-state index contributed by atoms with van der Waals surface area (Å²) in [6.45, 7) is 0.427. The van der Waals surface area contributed by atoms with Crippen molar-refractivity contribution >= 4 is 17.4 Å². The summed E-state index contributed by atoms with van der Waals surface area (Å²) in [7, 11) is 0. The van der Waals surface area contributed by atoms with E-state index in [1.807, 2.05) is 12.1 Å². The number of aryl methyl sites for hydroxylation is 2. The first-order chi connectivity index (χ1) is 11.1. The molecule has 23 heavy (non-hydrogen) atoms. The summed E-state index contributed by atoms with van der Waals surface area (Å²) < 4.78 is 7.04. The highest BCUT2D eigenvalue weighted by Gasteiger charge is 2.12. The second-order valence-corrected chi connectivity index (χ2v) is 5.27. The van der Waals surface area contributed by atoms with Gasteiger partial charge < -0.3 is 14.5 Å². The molecule has 0 aliphatic heterocycles. The molecule has 2 aromatic heterocycles. The van der Waals surface area contributed by atoms with Crippen molar-refractivity contribution in [2.45, 2.75) is 19.4 Å². The average Bonchev–Trinajstić information content (AvgIpc) is 3.17. The Balaban J connectivity index is 1.58. The Kier molecular flexibility index (Phi) is 4.33. The molecule has 0 saturated heterocycles. The summed E-state index contributed by atoms with van der Waals surface area (Å²) >= 11 is 5.84. The Morgan fingerprint density at radius 1 is 1.17 bits per heavy atom. The fraction of sp³-hybridized carbons (Fsp3) is 0.214. The number of hydrogen-bond acceptors (Lipinski definition) is 6.